The van der Waals surface area contributed by atoms with Gasteiger partial charge in [0, 0.05) is 12.7 Å². The summed E-state index contributed by atoms with van der Waals surface area (Å²) >= 11 is 0. The molecule has 0 aliphatic carbocycles. The topological polar surface area (TPSA) is 108 Å². The molecule has 0 radical (unpaired) electrons. The number of benzene rings is 2. The molecular weight excluding hydrogens is 470 g/mol. The Kier molecular flexibility index (Phi) is 6.31. The lowest BCUT2D eigenvalue weighted by Gasteiger charge is -2.39. The molecule has 0 aromatic heterocycles. The molecular formula is C29H37N3O5. The van der Waals surface area contributed by atoms with Gasteiger partial charge in [0.1, 0.15) is 11.6 Å². The summed E-state index contributed by atoms with van der Waals surface area (Å²) in [4.78, 5) is 43.0. The minimum Gasteiger partial charge on any atom is -0.394 e. The van der Waals surface area contributed by atoms with Crippen LogP contribution in [0.1, 0.15) is 40.5 Å². The highest BCUT2D eigenvalue weighted by atomic mass is 16.5. The first kappa shape index (κ1) is 25.7. The number of nitrogens with one attached hydrogen (secondary N) is 2. The van der Waals surface area contributed by atoms with Crippen LogP contribution in [0, 0.1) is 23.7 Å². The monoisotopic (exact) mass is 507 g/mol. The molecule has 2 aromatic rings. The van der Waals surface area contributed by atoms with E-state index in [-0.39, 0.29) is 36.2 Å². The Bertz CT molecular complexity index is 1250. The molecule has 5 rings (SSSR count). The van der Waals surface area contributed by atoms with Gasteiger partial charge in [0.15, 0.2) is 0 Å². The fourth-order valence-corrected chi connectivity index (χ4v) is 7.18. The first-order chi connectivity index (χ1) is 17.6. The third kappa shape index (κ3) is 3.60. The standard InChI is InChI=1S/C29H37N3O5/c1-6-16(2)21(15-33)32-24(26(35)31-20-12-11-18-9-7-8-10-19(18)13-20)29-14-17(3)28(4,37-29)22(25(34)30-5)23(29)27(32)36/h7-13,16-17,21-24,33H,6,14-15H2,1-5H3,(H,30,34)(H,31,35)/t16-,17?,21-,22+,23-,24?,28-,29?/m0/s1. The number of aliphatic hydroxyl groups excluding tert-OH is 1. The van der Waals surface area contributed by atoms with Crippen LogP contribution >= 0.6 is 0 Å². The van der Waals surface area contributed by atoms with Gasteiger partial charge in [0.25, 0.3) is 0 Å². The van der Waals surface area contributed by atoms with Gasteiger partial charge >= 0.3 is 0 Å². The number of fused-ring (bicyclic) bond motifs is 2. The number of rotatable bonds is 7. The lowest BCUT2D eigenvalue weighted by Crippen LogP contribution is -2.57. The first-order valence-electron chi connectivity index (χ1n) is 13.3. The van der Waals surface area contributed by atoms with Gasteiger partial charge in [-0.15, -0.1) is 0 Å². The van der Waals surface area contributed by atoms with Crippen LogP contribution in [0.5, 0.6) is 0 Å². The van der Waals surface area contributed by atoms with E-state index in [2.05, 4.69) is 10.6 Å². The molecule has 0 saturated carbocycles. The number of hydrogen-bond donors (Lipinski definition) is 3. The first-order valence-corrected chi connectivity index (χ1v) is 13.3. The van der Waals surface area contributed by atoms with Crippen LogP contribution in [0.3, 0.4) is 0 Å². The summed E-state index contributed by atoms with van der Waals surface area (Å²) in [6.07, 6.45) is 1.21. The summed E-state index contributed by atoms with van der Waals surface area (Å²) in [5.74, 6) is -2.50. The summed E-state index contributed by atoms with van der Waals surface area (Å²) in [6.45, 7) is 7.59. The Labute approximate surface area is 217 Å². The molecule has 3 saturated heterocycles. The van der Waals surface area contributed by atoms with E-state index in [4.69, 9.17) is 4.74 Å². The van der Waals surface area contributed by atoms with Crippen molar-refractivity contribution in [1.82, 2.24) is 10.2 Å². The second kappa shape index (κ2) is 9.10. The van der Waals surface area contributed by atoms with Crippen LogP contribution in [0.25, 0.3) is 10.8 Å². The smallest absolute Gasteiger partial charge is 0.250 e. The third-order valence-corrected chi connectivity index (χ3v) is 9.39. The second-order valence-electron chi connectivity index (χ2n) is 11.3. The summed E-state index contributed by atoms with van der Waals surface area (Å²) in [7, 11) is 1.56. The number of nitrogens with zero attached hydrogens (tertiary/aromatic N) is 1. The molecule has 3 unspecified atom stereocenters. The Morgan fingerprint density at radius 3 is 2.54 bits per heavy atom. The van der Waals surface area contributed by atoms with Crippen LogP contribution < -0.4 is 10.6 Å². The normalized spacial score (nSPS) is 33.9. The summed E-state index contributed by atoms with van der Waals surface area (Å²) in [6, 6.07) is 12.1. The van der Waals surface area contributed by atoms with Crippen molar-refractivity contribution in [3.63, 3.8) is 0 Å². The molecule has 3 aliphatic heterocycles. The van der Waals surface area contributed by atoms with Gasteiger partial charge in [-0.05, 0) is 48.1 Å². The number of hydrogen-bond acceptors (Lipinski definition) is 5. The van der Waals surface area contributed by atoms with Gasteiger partial charge in [-0.3, -0.25) is 14.4 Å². The van der Waals surface area contributed by atoms with Gasteiger partial charge in [0.05, 0.1) is 30.1 Å². The Morgan fingerprint density at radius 2 is 1.89 bits per heavy atom. The number of likely N-dealkylation sites (tertiary alicyclic amines) is 1. The van der Waals surface area contributed by atoms with Crippen molar-refractivity contribution in [2.75, 3.05) is 19.0 Å². The van der Waals surface area contributed by atoms with Crippen molar-refractivity contribution in [3.05, 3.63) is 42.5 Å². The molecule has 3 amide bonds. The van der Waals surface area contributed by atoms with E-state index in [9.17, 15) is 19.5 Å². The maximum absolute atomic E-state index is 14.2. The van der Waals surface area contributed by atoms with Crippen LogP contribution in [0.4, 0.5) is 5.69 Å². The molecule has 1 spiro atoms. The summed E-state index contributed by atoms with van der Waals surface area (Å²) in [5.41, 5.74) is -1.39. The van der Waals surface area contributed by atoms with Crippen molar-refractivity contribution in [2.45, 2.75) is 63.8 Å². The van der Waals surface area contributed by atoms with Gasteiger partial charge in [-0.25, -0.2) is 0 Å². The minimum atomic E-state index is -1.15. The zero-order chi connectivity index (χ0) is 26.7. The predicted molar refractivity (Wildman–Crippen MR) is 141 cm³/mol. The van der Waals surface area contributed by atoms with E-state index in [1.165, 1.54) is 0 Å². The molecule has 3 N–H and O–H groups in total. The molecule has 3 aliphatic rings. The molecule has 8 nitrogen and oxygen atoms in total. The van der Waals surface area contributed by atoms with Crippen LogP contribution in [0.15, 0.2) is 42.5 Å². The molecule has 3 fully saturated rings. The van der Waals surface area contributed by atoms with E-state index in [1.54, 1.807) is 11.9 Å². The van der Waals surface area contributed by atoms with Gasteiger partial charge in [0.2, 0.25) is 17.7 Å². The zero-order valence-electron chi connectivity index (χ0n) is 22.2. The number of aliphatic hydroxyl groups is 1. The van der Waals surface area contributed by atoms with Crippen LogP contribution in [-0.4, -0.2) is 64.7 Å². The lowest BCUT2D eigenvalue weighted by molar-refractivity contribution is -0.150. The number of carbonyl (C=O) groups is 3. The number of carbonyl (C=O) groups excluding carboxylic acids is 3. The molecule has 8 atom stereocenters. The Balaban J connectivity index is 1.60. The van der Waals surface area contributed by atoms with E-state index in [0.29, 0.717) is 12.1 Å². The minimum absolute atomic E-state index is 0.0362. The predicted octanol–water partition coefficient (Wildman–Crippen LogP) is 2.94. The molecule has 37 heavy (non-hydrogen) atoms. The van der Waals surface area contributed by atoms with Crippen molar-refractivity contribution in [3.8, 4) is 0 Å². The maximum atomic E-state index is 14.2. The Hall–Kier alpha value is -2.97. The lowest BCUT2D eigenvalue weighted by atomic mass is 9.62. The van der Waals surface area contributed by atoms with Crippen molar-refractivity contribution in [1.29, 1.82) is 0 Å². The molecule has 3 heterocycles. The van der Waals surface area contributed by atoms with Crippen molar-refractivity contribution >= 4 is 34.2 Å². The average Bonchev–Trinajstić information content (AvgIpc) is 3.40. The van der Waals surface area contributed by atoms with E-state index in [1.807, 2.05) is 70.2 Å². The third-order valence-electron chi connectivity index (χ3n) is 9.39. The van der Waals surface area contributed by atoms with Gasteiger partial charge in [-0.2, -0.15) is 0 Å². The molecule has 2 aromatic carbocycles. The Morgan fingerprint density at radius 1 is 1.19 bits per heavy atom. The second-order valence-corrected chi connectivity index (χ2v) is 11.3. The molecule has 8 heteroatoms. The van der Waals surface area contributed by atoms with E-state index in [0.717, 1.165) is 17.2 Å². The summed E-state index contributed by atoms with van der Waals surface area (Å²) in [5, 5.41) is 18.2. The van der Waals surface area contributed by atoms with E-state index < -0.39 is 35.1 Å². The van der Waals surface area contributed by atoms with Gasteiger partial charge < -0.3 is 25.4 Å². The molecule has 198 valence electrons. The van der Waals surface area contributed by atoms with Crippen LogP contribution in [0.2, 0.25) is 0 Å². The quantitative estimate of drug-likeness (QED) is 0.534. The summed E-state index contributed by atoms with van der Waals surface area (Å²) < 4.78 is 6.70. The number of amides is 3. The highest BCUT2D eigenvalue weighted by Gasteiger charge is 2.80. The largest absolute Gasteiger partial charge is 0.394 e. The maximum Gasteiger partial charge on any atom is 0.250 e. The highest BCUT2D eigenvalue weighted by molar-refractivity contribution is 6.04. The fourth-order valence-electron chi connectivity index (χ4n) is 7.18. The average molecular weight is 508 g/mol. The van der Waals surface area contributed by atoms with Crippen LogP contribution in [-0.2, 0) is 19.1 Å². The van der Waals surface area contributed by atoms with Gasteiger partial charge in [-0.1, -0.05) is 57.5 Å². The van der Waals surface area contributed by atoms with Crippen molar-refractivity contribution in [2.24, 2.45) is 23.7 Å². The number of ether oxygens (including phenoxy) is 1. The fraction of sp³-hybridized carbons (Fsp3) is 0.552. The van der Waals surface area contributed by atoms with E-state index >= 15 is 0 Å². The SMILES string of the molecule is CC[C@H](C)[C@H](CO)N1C(=O)[C@@H]2[C@H](C(=O)NC)[C@@]3(C)OC2(CC3C)C1C(=O)Nc1ccc2ccccc2c1. The highest BCUT2D eigenvalue weighted by Crippen LogP contribution is 2.65. The van der Waals surface area contributed by atoms with Crippen molar-refractivity contribution < 1.29 is 24.2 Å². The zero-order valence-corrected chi connectivity index (χ0v) is 22.2. The number of anilines is 1. The molecule has 2 bridgehead atoms.